The molecule has 0 rings (SSSR count). The predicted molar refractivity (Wildman–Crippen MR) is 89.8 cm³/mol. The summed E-state index contributed by atoms with van der Waals surface area (Å²) in [7, 11) is 0. The Hall–Kier alpha value is -0.680. The van der Waals surface area contributed by atoms with Crippen molar-refractivity contribution < 1.29 is 4.79 Å². The van der Waals surface area contributed by atoms with E-state index in [4.69, 9.17) is 18.0 Å². The Balaban J connectivity index is 4.66. The molecule has 0 aromatic rings. The van der Waals surface area contributed by atoms with Gasteiger partial charge >= 0.3 is 0 Å². The molecule has 4 nitrogen and oxygen atoms in total. The van der Waals surface area contributed by atoms with E-state index in [2.05, 4.69) is 37.9 Å². The summed E-state index contributed by atoms with van der Waals surface area (Å²) in [6.07, 6.45) is 3.27. The molecule has 0 saturated carbocycles. The first-order valence-electron chi connectivity index (χ1n) is 7.78. The van der Waals surface area contributed by atoms with Crippen molar-refractivity contribution in [1.29, 1.82) is 0 Å². The lowest BCUT2D eigenvalue weighted by atomic mass is 9.78. The zero-order valence-electron chi connectivity index (χ0n) is 13.5. The van der Waals surface area contributed by atoms with E-state index in [-0.39, 0.29) is 5.91 Å². The summed E-state index contributed by atoms with van der Waals surface area (Å²) in [6, 6.07) is 0. The van der Waals surface area contributed by atoms with Gasteiger partial charge in [0.1, 0.15) is 0 Å². The SMILES string of the molecule is CCCC(CCC)(C(=O)NCCN(CC)CC)C(N)=S. The van der Waals surface area contributed by atoms with Crippen molar-refractivity contribution in [2.45, 2.75) is 53.4 Å². The zero-order valence-corrected chi connectivity index (χ0v) is 14.3. The van der Waals surface area contributed by atoms with Crippen LogP contribution in [-0.2, 0) is 4.79 Å². The van der Waals surface area contributed by atoms with Crippen LogP contribution in [0.1, 0.15) is 53.4 Å². The van der Waals surface area contributed by atoms with Crippen LogP contribution in [0, 0.1) is 5.41 Å². The van der Waals surface area contributed by atoms with Crippen molar-refractivity contribution in [1.82, 2.24) is 10.2 Å². The summed E-state index contributed by atoms with van der Waals surface area (Å²) in [4.78, 5) is 15.2. The van der Waals surface area contributed by atoms with E-state index < -0.39 is 5.41 Å². The molecule has 0 aliphatic carbocycles. The van der Waals surface area contributed by atoms with Crippen LogP contribution in [0.5, 0.6) is 0 Å². The molecule has 0 atom stereocenters. The van der Waals surface area contributed by atoms with Crippen molar-refractivity contribution in [3.05, 3.63) is 0 Å². The molecule has 0 heterocycles. The molecule has 3 N–H and O–H groups in total. The standard InChI is InChI=1S/C15H31N3OS/c1-5-9-15(10-6-2,13(16)20)14(19)17-11-12-18(7-3)8-4/h5-12H2,1-4H3,(H2,16,20)(H,17,19). The largest absolute Gasteiger partial charge is 0.392 e. The molecule has 0 aromatic carbocycles. The topological polar surface area (TPSA) is 58.4 Å². The first kappa shape index (κ1) is 19.3. The van der Waals surface area contributed by atoms with Crippen LogP contribution in [0.4, 0.5) is 0 Å². The molecule has 0 fully saturated rings. The molecule has 5 heteroatoms. The van der Waals surface area contributed by atoms with E-state index in [0.717, 1.165) is 45.3 Å². The number of amides is 1. The number of nitrogens with one attached hydrogen (secondary N) is 1. The first-order chi connectivity index (χ1) is 9.48. The molecule has 0 radical (unpaired) electrons. The lowest BCUT2D eigenvalue weighted by molar-refractivity contribution is -0.128. The van der Waals surface area contributed by atoms with Crippen molar-refractivity contribution in [3.8, 4) is 0 Å². The van der Waals surface area contributed by atoms with Crippen LogP contribution >= 0.6 is 12.2 Å². The highest BCUT2D eigenvalue weighted by atomic mass is 32.1. The van der Waals surface area contributed by atoms with Crippen LogP contribution in [0.2, 0.25) is 0 Å². The third-order valence-electron chi connectivity index (χ3n) is 3.87. The summed E-state index contributed by atoms with van der Waals surface area (Å²) >= 11 is 5.19. The third kappa shape index (κ3) is 5.37. The number of nitrogens with two attached hydrogens (primary N) is 1. The Bertz CT molecular complexity index is 297. The summed E-state index contributed by atoms with van der Waals surface area (Å²) in [5, 5.41) is 3.03. The zero-order chi connectivity index (χ0) is 15.6. The molecule has 20 heavy (non-hydrogen) atoms. The van der Waals surface area contributed by atoms with Gasteiger partial charge in [0.05, 0.1) is 10.4 Å². The summed E-state index contributed by atoms with van der Waals surface area (Å²) in [5.41, 5.74) is 5.22. The Morgan fingerprint density at radius 2 is 1.65 bits per heavy atom. The number of hydrogen-bond acceptors (Lipinski definition) is 3. The van der Waals surface area contributed by atoms with Crippen LogP contribution < -0.4 is 11.1 Å². The van der Waals surface area contributed by atoms with Crippen LogP contribution in [0.25, 0.3) is 0 Å². The smallest absolute Gasteiger partial charge is 0.233 e. The molecule has 0 saturated heterocycles. The van der Waals surface area contributed by atoms with Gasteiger partial charge in [-0.15, -0.1) is 0 Å². The highest BCUT2D eigenvalue weighted by molar-refractivity contribution is 7.80. The second kappa shape index (κ2) is 10.1. The Kier molecular flexibility index (Phi) is 9.76. The molecule has 0 aliphatic heterocycles. The van der Waals surface area contributed by atoms with Gasteiger partial charge in [0, 0.05) is 13.1 Å². The van der Waals surface area contributed by atoms with Crippen molar-refractivity contribution in [2.75, 3.05) is 26.2 Å². The van der Waals surface area contributed by atoms with Crippen molar-refractivity contribution in [3.63, 3.8) is 0 Å². The molecule has 0 aromatic heterocycles. The van der Waals surface area contributed by atoms with Gasteiger partial charge in [-0.3, -0.25) is 4.79 Å². The lowest BCUT2D eigenvalue weighted by Gasteiger charge is -2.31. The number of rotatable bonds is 11. The molecular formula is C15H31N3OS. The van der Waals surface area contributed by atoms with Gasteiger partial charge < -0.3 is 16.0 Å². The van der Waals surface area contributed by atoms with Gasteiger partial charge in [-0.25, -0.2) is 0 Å². The van der Waals surface area contributed by atoms with E-state index in [1.165, 1.54) is 0 Å². The lowest BCUT2D eigenvalue weighted by Crippen LogP contribution is -2.50. The van der Waals surface area contributed by atoms with Crippen molar-refractivity contribution in [2.24, 2.45) is 11.1 Å². The quantitative estimate of drug-likeness (QED) is 0.575. The molecule has 0 aliphatic rings. The van der Waals surface area contributed by atoms with Crippen LogP contribution in [0.3, 0.4) is 0 Å². The second-order valence-corrected chi connectivity index (χ2v) is 5.67. The number of likely N-dealkylation sites (N-methyl/N-ethyl adjacent to an activating group) is 1. The van der Waals surface area contributed by atoms with Gasteiger partial charge in [-0.05, 0) is 25.9 Å². The van der Waals surface area contributed by atoms with E-state index in [1.807, 2.05) is 0 Å². The average molecular weight is 301 g/mol. The highest BCUT2D eigenvalue weighted by Crippen LogP contribution is 2.30. The fourth-order valence-electron chi connectivity index (χ4n) is 2.60. The van der Waals surface area contributed by atoms with Gasteiger partial charge in [0.25, 0.3) is 0 Å². The van der Waals surface area contributed by atoms with E-state index in [1.54, 1.807) is 0 Å². The number of hydrogen-bond donors (Lipinski definition) is 2. The maximum Gasteiger partial charge on any atom is 0.233 e. The maximum atomic E-state index is 12.5. The predicted octanol–water partition coefficient (Wildman–Crippen LogP) is 2.32. The fraction of sp³-hybridized carbons (Fsp3) is 0.867. The van der Waals surface area contributed by atoms with Gasteiger partial charge in [-0.2, -0.15) is 0 Å². The molecule has 0 unspecified atom stereocenters. The van der Waals surface area contributed by atoms with Crippen LogP contribution in [0.15, 0.2) is 0 Å². The van der Waals surface area contributed by atoms with Crippen LogP contribution in [-0.4, -0.2) is 42.0 Å². The number of thiocarbonyl (C=S) groups is 1. The number of carbonyl (C=O) groups is 1. The fourth-order valence-corrected chi connectivity index (χ4v) is 2.90. The second-order valence-electron chi connectivity index (χ2n) is 5.23. The van der Waals surface area contributed by atoms with E-state index in [9.17, 15) is 4.79 Å². The number of nitrogens with zero attached hydrogens (tertiary/aromatic N) is 1. The monoisotopic (exact) mass is 301 g/mol. The molecular weight excluding hydrogens is 270 g/mol. The first-order valence-corrected chi connectivity index (χ1v) is 8.19. The van der Waals surface area contributed by atoms with E-state index in [0.29, 0.717) is 11.5 Å². The summed E-state index contributed by atoms with van der Waals surface area (Å²) in [5.74, 6) is 0.000793. The minimum atomic E-state index is -0.665. The third-order valence-corrected chi connectivity index (χ3v) is 4.26. The summed E-state index contributed by atoms with van der Waals surface area (Å²) in [6.45, 7) is 11.9. The Labute approximate surface area is 129 Å². The van der Waals surface area contributed by atoms with E-state index >= 15 is 0 Å². The van der Waals surface area contributed by atoms with Gasteiger partial charge in [-0.1, -0.05) is 52.8 Å². The molecule has 0 bridgehead atoms. The number of carbonyl (C=O) groups excluding carboxylic acids is 1. The molecule has 0 spiro atoms. The normalized spacial score (nSPS) is 11.7. The maximum absolute atomic E-state index is 12.5. The summed E-state index contributed by atoms with van der Waals surface area (Å²) < 4.78 is 0. The molecule has 118 valence electrons. The van der Waals surface area contributed by atoms with Gasteiger partial charge in [0.15, 0.2) is 0 Å². The Morgan fingerprint density at radius 3 is 2.00 bits per heavy atom. The Morgan fingerprint density at radius 1 is 1.15 bits per heavy atom. The van der Waals surface area contributed by atoms with Crippen molar-refractivity contribution >= 4 is 23.1 Å². The minimum Gasteiger partial charge on any atom is -0.392 e. The van der Waals surface area contributed by atoms with Gasteiger partial charge in [0.2, 0.25) is 5.91 Å². The average Bonchev–Trinajstić information content (AvgIpc) is 2.42. The minimum absolute atomic E-state index is 0.000793. The molecule has 1 amide bonds. The highest BCUT2D eigenvalue weighted by Gasteiger charge is 2.39.